The van der Waals surface area contributed by atoms with Gasteiger partial charge in [0.05, 0.1) is 31.1 Å². The molecule has 1 heterocycles. The maximum absolute atomic E-state index is 13.1. The molecule has 3 rings (SSSR count). The summed E-state index contributed by atoms with van der Waals surface area (Å²) in [5.41, 5.74) is 4.65. The van der Waals surface area contributed by atoms with Crippen LogP contribution in [0.25, 0.3) is 0 Å². The first-order chi connectivity index (χ1) is 14.1. The second kappa shape index (κ2) is 8.88. The topological polar surface area (TPSA) is 70.9 Å². The van der Waals surface area contributed by atoms with Crippen LogP contribution in [0, 0.1) is 27.7 Å². The molecule has 1 amide bonds. The number of anilines is 1. The van der Waals surface area contributed by atoms with E-state index in [2.05, 4.69) is 5.32 Å². The molecule has 2 aromatic rings. The van der Waals surface area contributed by atoms with E-state index in [4.69, 9.17) is 0 Å². The molecule has 1 saturated heterocycles. The highest BCUT2D eigenvalue weighted by atomic mass is 32.2. The molecule has 0 aliphatic carbocycles. The summed E-state index contributed by atoms with van der Waals surface area (Å²) in [6.07, 6.45) is 0. The van der Waals surface area contributed by atoms with Crippen molar-refractivity contribution in [1.82, 2.24) is 4.31 Å². The molecular weight excluding hydrogens is 398 g/mol. The summed E-state index contributed by atoms with van der Waals surface area (Å²) in [4.78, 5) is 14.3. The van der Waals surface area contributed by atoms with E-state index in [-0.39, 0.29) is 11.9 Å². The first-order valence-corrected chi connectivity index (χ1v) is 11.8. The summed E-state index contributed by atoms with van der Waals surface area (Å²) < 4.78 is 27.8. The van der Waals surface area contributed by atoms with E-state index in [1.165, 1.54) is 0 Å². The molecule has 6 nitrogen and oxygen atoms in total. The van der Waals surface area contributed by atoms with E-state index in [9.17, 15) is 13.2 Å². The zero-order chi connectivity index (χ0) is 22.1. The van der Waals surface area contributed by atoms with Gasteiger partial charge in [0.1, 0.15) is 0 Å². The number of nitrogens with one attached hydrogen (secondary N) is 2. The Hall–Kier alpha value is -2.22. The van der Waals surface area contributed by atoms with Crippen molar-refractivity contribution in [3.63, 3.8) is 0 Å². The van der Waals surface area contributed by atoms with Gasteiger partial charge >= 0.3 is 0 Å². The van der Waals surface area contributed by atoms with Crippen molar-refractivity contribution in [2.45, 2.75) is 45.6 Å². The fourth-order valence-corrected chi connectivity index (χ4v) is 5.62. The number of hydrogen-bond donors (Lipinski definition) is 2. The lowest BCUT2D eigenvalue weighted by molar-refractivity contribution is -0.917. The largest absolute Gasteiger partial charge is 0.323 e. The Morgan fingerprint density at radius 2 is 1.53 bits per heavy atom. The molecule has 1 aliphatic rings. The van der Waals surface area contributed by atoms with Crippen molar-refractivity contribution in [2.24, 2.45) is 0 Å². The van der Waals surface area contributed by atoms with Crippen LogP contribution in [0.3, 0.4) is 0 Å². The van der Waals surface area contributed by atoms with Crippen LogP contribution in [0.4, 0.5) is 5.69 Å². The maximum atomic E-state index is 13.1. The third kappa shape index (κ3) is 4.74. The Kier molecular flexibility index (Phi) is 6.65. The minimum absolute atomic E-state index is 0.0375. The third-order valence-electron chi connectivity index (χ3n) is 5.98. The highest BCUT2D eigenvalue weighted by molar-refractivity contribution is 7.89. The first-order valence-electron chi connectivity index (χ1n) is 10.4. The summed E-state index contributed by atoms with van der Waals surface area (Å²) in [5.74, 6) is -0.0375. The van der Waals surface area contributed by atoms with Crippen LogP contribution in [0.2, 0.25) is 0 Å². The van der Waals surface area contributed by atoms with Gasteiger partial charge in [-0.05, 0) is 69.0 Å². The van der Waals surface area contributed by atoms with Crippen molar-refractivity contribution in [2.75, 3.05) is 31.5 Å². The number of hydrogen-bond acceptors (Lipinski definition) is 3. The minimum atomic E-state index is -3.52. The summed E-state index contributed by atoms with van der Waals surface area (Å²) in [7, 11) is -3.52. The molecule has 1 atom stereocenters. The van der Waals surface area contributed by atoms with E-state index in [0.29, 0.717) is 31.1 Å². The van der Waals surface area contributed by atoms with Crippen LogP contribution in [-0.2, 0) is 14.8 Å². The number of nitrogens with zero attached hydrogens (tertiary/aromatic N) is 1. The average molecular weight is 431 g/mol. The Morgan fingerprint density at radius 1 is 0.967 bits per heavy atom. The predicted octanol–water partition coefficient (Wildman–Crippen LogP) is 1.84. The highest BCUT2D eigenvalue weighted by Gasteiger charge is 2.35. The summed E-state index contributed by atoms with van der Waals surface area (Å²) in [6, 6.07) is 11.3. The number of carbonyl (C=O) groups is 1. The van der Waals surface area contributed by atoms with E-state index in [0.717, 1.165) is 32.8 Å². The second-order valence-electron chi connectivity index (χ2n) is 8.36. The average Bonchev–Trinajstić information content (AvgIpc) is 2.72. The summed E-state index contributed by atoms with van der Waals surface area (Å²) >= 11 is 0. The quantitative estimate of drug-likeness (QED) is 0.760. The van der Waals surface area contributed by atoms with Gasteiger partial charge in [-0.15, -0.1) is 0 Å². The van der Waals surface area contributed by atoms with Crippen molar-refractivity contribution in [3.8, 4) is 0 Å². The van der Waals surface area contributed by atoms with Gasteiger partial charge in [-0.3, -0.25) is 4.79 Å². The SMILES string of the molecule is Cc1ccc(C)c(NC(=O)[C@H](C)[NH+]2CCN(S(=O)(=O)c3cc(C)ccc3C)CC2)c1. The van der Waals surface area contributed by atoms with Gasteiger partial charge in [-0.25, -0.2) is 8.42 Å². The molecule has 30 heavy (non-hydrogen) atoms. The Labute approximate surface area is 179 Å². The predicted molar refractivity (Wildman–Crippen MR) is 119 cm³/mol. The molecule has 2 N–H and O–H groups in total. The van der Waals surface area contributed by atoms with Crippen LogP contribution < -0.4 is 10.2 Å². The normalized spacial score (nSPS) is 17.0. The van der Waals surface area contributed by atoms with Crippen LogP contribution in [0.5, 0.6) is 0 Å². The summed E-state index contributed by atoms with van der Waals surface area (Å²) in [5, 5.41) is 3.04. The number of sulfonamides is 1. The van der Waals surface area contributed by atoms with Gasteiger partial charge in [-0.2, -0.15) is 4.31 Å². The Balaban J connectivity index is 1.65. The smallest absolute Gasteiger partial charge is 0.282 e. The number of benzene rings is 2. The third-order valence-corrected chi connectivity index (χ3v) is 8.02. The van der Waals surface area contributed by atoms with Crippen molar-refractivity contribution in [1.29, 1.82) is 0 Å². The molecule has 0 radical (unpaired) electrons. The van der Waals surface area contributed by atoms with Gasteiger partial charge in [0.2, 0.25) is 10.0 Å². The standard InChI is InChI=1S/C23H31N3O3S/c1-16-6-8-18(3)21(14-16)24-23(27)20(5)25-10-12-26(13-11-25)30(28,29)22-15-17(2)7-9-19(22)4/h6-9,14-15,20H,10-13H2,1-5H3,(H,24,27)/p+1/t20-/m0/s1. The van der Waals surface area contributed by atoms with E-state index in [1.54, 1.807) is 10.4 Å². The number of piperazine rings is 1. The molecule has 0 bridgehead atoms. The zero-order valence-electron chi connectivity index (χ0n) is 18.5. The number of rotatable bonds is 5. The van der Waals surface area contributed by atoms with Gasteiger partial charge < -0.3 is 10.2 Å². The molecule has 7 heteroatoms. The molecule has 2 aromatic carbocycles. The van der Waals surface area contributed by atoms with Crippen LogP contribution in [0.15, 0.2) is 41.3 Å². The maximum Gasteiger partial charge on any atom is 0.282 e. The van der Waals surface area contributed by atoms with E-state index < -0.39 is 10.0 Å². The lowest BCUT2D eigenvalue weighted by Crippen LogP contribution is -3.19. The molecule has 0 aromatic heterocycles. The molecule has 0 saturated carbocycles. The van der Waals surface area contributed by atoms with Gasteiger partial charge in [-0.1, -0.05) is 24.3 Å². The number of carbonyl (C=O) groups excluding carboxylic acids is 1. The number of amides is 1. The van der Waals surface area contributed by atoms with Crippen LogP contribution in [0.1, 0.15) is 29.2 Å². The molecule has 162 valence electrons. The summed E-state index contributed by atoms with van der Waals surface area (Å²) in [6.45, 7) is 11.6. The fourth-order valence-electron chi connectivity index (χ4n) is 3.87. The molecule has 0 unspecified atom stereocenters. The van der Waals surface area contributed by atoms with Gasteiger partial charge in [0.25, 0.3) is 5.91 Å². The van der Waals surface area contributed by atoms with Crippen molar-refractivity contribution >= 4 is 21.6 Å². The molecule has 1 fully saturated rings. The zero-order valence-corrected chi connectivity index (χ0v) is 19.3. The fraction of sp³-hybridized carbons (Fsp3) is 0.435. The van der Waals surface area contributed by atoms with Crippen molar-refractivity contribution in [3.05, 3.63) is 58.7 Å². The van der Waals surface area contributed by atoms with Gasteiger partial charge in [0, 0.05) is 5.69 Å². The Bertz CT molecular complexity index is 1040. The number of quaternary nitrogens is 1. The molecule has 0 spiro atoms. The highest BCUT2D eigenvalue weighted by Crippen LogP contribution is 2.21. The Morgan fingerprint density at radius 3 is 2.17 bits per heavy atom. The lowest BCUT2D eigenvalue weighted by atomic mass is 10.1. The number of aryl methyl sites for hydroxylation is 4. The van der Waals surface area contributed by atoms with Crippen LogP contribution in [-0.4, -0.2) is 50.9 Å². The molecular formula is C23H32N3O3S+. The van der Waals surface area contributed by atoms with Gasteiger partial charge in [0.15, 0.2) is 6.04 Å². The monoisotopic (exact) mass is 430 g/mol. The van der Waals surface area contributed by atoms with Crippen LogP contribution >= 0.6 is 0 Å². The first kappa shape index (κ1) is 22.5. The lowest BCUT2D eigenvalue weighted by Gasteiger charge is -2.34. The van der Waals surface area contributed by atoms with E-state index >= 15 is 0 Å². The van der Waals surface area contributed by atoms with Crippen molar-refractivity contribution < 1.29 is 18.1 Å². The second-order valence-corrected chi connectivity index (χ2v) is 10.3. The molecule has 1 aliphatic heterocycles. The minimum Gasteiger partial charge on any atom is -0.323 e. The van der Waals surface area contributed by atoms with E-state index in [1.807, 2.05) is 65.0 Å².